The summed E-state index contributed by atoms with van der Waals surface area (Å²) in [4.78, 5) is 12.4. The maximum absolute atomic E-state index is 5.62. The lowest BCUT2D eigenvalue weighted by Crippen LogP contribution is -2.47. The van der Waals surface area contributed by atoms with E-state index in [9.17, 15) is 0 Å². The minimum absolute atomic E-state index is 0.631. The molecular weight excluding hydrogens is 374 g/mol. The molecule has 1 N–H and O–H groups in total. The Morgan fingerprint density at radius 3 is 2.67 bits per heavy atom. The van der Waals surface area contributed by atoms with Crippen molar-refractivity contribution in [3.8, 4) is 0 Å². The molecule has 0 saturated carbocycles. The molecule has 2 saturated heterocycles. The Morgan fingerprint density at radius 1 is 1.13 bits per heavy atom. The van der Waals surface area contributed by atoms with Gasteiger partial charge in [0.25, 0.3) is 0 Å². The highest BCUT2D eigenvalue weighted by molar-refractivity contribution is 5.80. The van der Waals surface area contributed by atoms with Gasteiger partial charge in [-0.1, -0.05) is 12.1 Å². The lowest BCUT2D eigenvalue weighted by atomic mass is 10.1. The topological polar surface area (TPSA) is 43.3 Å². The van der Waals surface area contributed by atoms with Crippen LogP contribution in [0.5, 0.6) is 0 Å². The molecule has 0 amide bonds. The van der Waals surface area contributed by atoms with Crippen molar-refractivity contribution in [1.29, 1.82) is 0 Å². The minimum atomic E-state index is 0.631. The van der Waals surface area contributed by atoms with Gasteiger partial charge < -0.3 is 19.9 Å². The molecular formula is C24H41N5O. The fourth-order valence-corrected chi connectivity index (χ4v) is 4.46. The summed E-state index contributed by atoms with van der Waals surface area (Å²) in [6.07, 6.45) is 1.20. The number of rotatable bonds is 8. The van der Waals surface area contributed by atoms with Gasteiger partial charge in [0.05, 0.1) is 13.2 Å². The van der Waals surface area contributed by atoms with Crippen molar-refractivity contribution in [2.75, 3.05) is 77.0 Å². The molecule has 6 heteroatoms. The summed E-state index contributed by atoms with van der Waals surface area (Å²) in [6.45, 7) is 19.7. The first-order chi connectivity index (χ1) is 14.6. The SMILES string of the molecule is CCNC(=NCCN1CCN(c2cccc(C)c2C)CC1)N1CCC(COCC)C1. The fourth-order valence-electron chi connectivity index (χ4n) is 4.46. The van der Waals surface area contributed by atoms with Crippen molar-refractivity contribution in [3.05, 3.63) is 29.3 Å². The number of likely N-dealkylation sites (tertiary alicyclic amines) is 1. The first-order valence-electron chi connectivity index (χ1n) is 11.8. The minimum Gasteiger partial charge on any atom is -0.381 e. The number of aryl methyl sites for hydroxylation is 1. The van der Waals surface area contributed by atoms with Crippen LogP contribution in [0.25, 0.3) is 0 Å². The molecule has 1 atom stereocenters. The second-order valence-corrected chi connectivity index (χ2v) is 8.54. The first kappa shape index (κ1) is 22.9. The van der Waals surface area contributed by atoms with Gasteiger partial charge in [0.1, 0.15) is 0 Å². The Labute approximate surface area is 183 Å². The molecule has 30 heavy (non-hydrogen) atoms. The van der Waals surface area contributed by atoms with Crippen LogP contribution >= 0.6 is 0 Å². The molecule has 2 aliphatic rings. The molecule has 0 bridgehead atoms. The molecule has 0 radical (unpaired) electrons. The maximum Gasteiger partial charge on any atom is 0.193 e. The van der Waals surface area contributed by atoms with E-state index in [1.54, 1.807) is 0 Å². The number of nitrogens with zero attached hydrogens (tertiary/aromatic N) is 4. The highest BCUT2D eigenvalue weighted by Crippen LogP contribution is 2.23. The van der Waals surface area contributed by atoms with E-state index in [1.165, 1.54) is 23.2 Å². The second kappa shape index (κ2) is 11.6. The van der Waals surface area contributed by atoms with Crippen molar-refractivity contribution in [3.63, 3.8) is 0 Å². The van der Waals surface area contributed by atoms with Crippen molar-refractivity contribution in [2.24, 2.45) is 10.9 Å². The molecule has 2 aliphatic heterocycles. The summed E-state index contributed by atoms with van der Waals surface area (Å²) in [7, 11) is 0. The van der Waals surface area contributed by atoms with E-state index >= 15 is 0 Å². The van der Waals surface area contributed by atoms with Gasteiger partial charge in [-0.3, -0.25) is 9.89 Å². The van der Waals surface area contributed by atoms with E-state index in [-0.39, 0.29) is 0 Å². The number of ether oxygens (including phenoxy) is 1. The van der Waals surface area contributed by atoms with E-state index in [0.29, 0.717) is 5.92 Å². The number of guanidine groups is 1. The van der Waals surface area contributed by atoms with Crippen LogP contribution in [0.2, 0.25) is 0 Å². The highest BCUT2D eigenvalue weighted by Gasteiger charge is 2.25. The van der Waals surface area contributed by atoms with Gasteiger partial charge in [-0.15, -0.1) is 0 Å². The Kier molecular flexibility index (Phi) is 8.82. The summed E-state index contributed by atoms with van der Waals surface area (Å²) < 4.78 is 5.62. The van der Waals surface area contributed by atoms with Gasteiger partial charge in [0.15, 0.2) is 5.96 Å². The number of benzene rings is 1. The third kappa shape index (κ3) is 6.11. The zero-order chi connectivity index (χ0) is 21.3. The quantitative estimate of drug-likeness (QED) is 0.522. The van der Waals surface area contributed by atoms with E-state index in [2.05, 4.69) is 65.9 Å². The fraction of sp³-hybridized carbons (Fsp3) is 0.708. The summed E-state index contributed by atoms with van der Waals surface area (Å²) in [5, 5.41) is 3.49. The van der Waals surface area contributed by atoms with E-state index in [4.69, 9.17) is 9.73 Å². The van der Waals surface area contributed by atoms with Gasteiger partial charge >= 0.3 is 0 Å². The molecule has 168 valence electrons. The number of nitrogens with one attached hydrogen (secondary N) is 1. The Balaban J connectivity index is 1.45. The lowest BCUT2D eigenvalue weighted by Gasteiger charge is -2.37. The monoisotopic (exact) mass is 415 g/mol. The summed E-state index contributed by atoms with van der Waals surface area (Å²) in [6, 6.07) is 6.65. The average molecular weight is 416 g/mol. The molecule has 1 unspecified atom stereocenters. The average Bonchev–Trinajstić information content (AvgIpc) is 3.23. The maximum atomic E-state index is 5.62. The molecule has 1 aromatic carbocycles. The first-order valence-corrected chi connectivity index (χ1v) is 11.8. The standard InChI is InChI=1S/C24H41N5O/c1-5-25-24(29-12-10-22(18-29)19-30-6-2)26-11-13-27-14-16-28(17-15-27)23-9-7-8-20(3)21(23)4/h7-9,22H,5-6,10-19H2,1-4H3,(H,25,26). The molecule has 2 heterocycles. The van der Waals surface area contributed by atoms with Crippen LogP contribution in [0.1, 0.15) is 31.4 Å². The third-order valence-corrected chi connectivity index (χ3v) is 6.44. The van der Waals surface area contributed by atoms with Crippen LogP contribution in [-0.2, 0) is 4.74 Å². The van der Waals surface area contributed by atoms with Crippen LogP contribution in [0.15, 0.2) is 23.2 Å². The van der Waals surface area contributed by atoms with E-state index in [0.717, 1.165) is 78.1 Å². The van der Waals surface area contributed by atoms with E-state index < -0.39 is 0 Å². The summed E-state index contributed by atoms with van der Waals surface area (Å²) in [5.41, 5.74) is 4.20. The predicted molar refractivity (Wildman–Crippen MR) is 127 cm³/mol. The van der Waals surface area contributed by atoms with Gasteiger partial charge in [-0.25, -0.2) is 0 Å². The molecule has 6 nitrogen and oxygen atoms in total. The smallest absolute Gasteiger partial charge is 0.193 e. The van der Waals surface area contributed by atoms with Crippen LogP contribution in [0.3, 0.4) is 0 Å². The number of hydrogen-bond donors (Lipinski definition) is 1. The highest BCUT2D eigenvalue weighted by atomic mass is 16.5. The second-order valence-electron chi connectivity index (χ2n) is 8.54. The normalized spacial score (nSPS) is 20.8. The van der Waals surface area contributed by atoms with Gasteiger partial charge in [-0.2, -0.15) is 0 Å². The molecule has 2 fully saturated rings. The third-order valence-electron chi connectivity index (χ3n) is 6.44. The van der Waals surface area contributed by atoms with E-state index in [1.807, 2.05) is 0 Å². The van der Waals surface area contributed by atoms with Crippen LogP contribution in [0.4, 0.5) is 5.69 Å². The molecule has 3 rings (SSSR count). The van der Waals surface area contributed by atoms with Gasteiger partial charge in [0.2, 0.25) is 0 Å². The molecule has 0 aliphatic carbocycles. The lowest BCUT2D eigenvalue weighted by molar-refractivity contribution is 0.114. The number of piperazine rings is 1. The van der Waals surface area contributed by atoms with Crippen molar-refractivity contribution >= 4 is 11.6 Å². The molecule has 0 aromatic heterocycles. The zero-order valence-corrected chi connectivity index (χ0v) is 19.5. The van der Waals surface area contributed by atoms with Crippen molar-refractivity contribution in [1.82, 2.24) is 15.1 Å². The number of anilines is 1. The van der Waals surface area contributed by atoms with Gasteiger partial charge in [-0.05, 0) is 51.3 Å². The van der Waals surface area contributed by atoms with Crippen LogP contribution in [-0.4, -0.2) is 87.9 Å². The Bertz CT molecular complexity index is 684. The zero-order valence-electron chi connectivity index (χ0n) is 19.5. The number of hydrogen-bond acceptors (Lipinski definition) is 4. The van der Waals surface area contributed by atoms with Crippen LogP contribution < -0.4 is 10.2 Å². The molecule has 1 aromatic rings. The summed E-state index contributed by atoms with van der Waals surface area (Å²) >= 11 is 0. The van der Waals surface area contributed by atoms with Gasteiger partial charge in [0, 0.05) is 70.6 Å². The largest absolute Gasteiger partial charge is 0.381 e. The van der Waals surface area contributed by atoms with Crippen LogP contribution in [0, 0.1) is 19.8 Å². The Hall–Kier alpha value is -1.79. The number of aliphatic imine (C=N–C) groups is 1. The molecule has 0 spiro atoms. The summed E-state index contributed by atoms with van der Waals surface area (Å²) in [5.74, 6) is 1.71. The predicted octanol–water partition coefficient (Wildman–Crippen LogP) is 2.75. The van der Waals surface area contributed by atoms with Crippen molar-refractivity contribution in [2.45, 2.75) is 34.1 Å². The Morgan fingerprint density at radius 2 is 1.93 bits per heavy atom. The van der Waals surface area contributed by atoms with Crippen molar-refractivity contribution < 1.29 is 4.74 Å².